The first-order valence-electron chi connectivity index (χ1n) is 10.8. The van der Waals surface area contributed by atoms with E-state index >= 15 is 0 Å². The SMILES string of the molecule is CN1CCN(CCOc2ccccc2NC(=O)C=Cc2cccc3ccccc23)CC1. The average molecular weight is 416 g/mol. The zero-order valence-corrected chi connectivity index (χ0v) is 18.0. The zero-order valence-electron chi connectivity index (χ0n) is 18.0. The van der Waals surface area contributed by atoms with Crippen molar-refractivity contribution in [3.8, 4) is 5.75 Å². The second-order valence-corrected chi connectivity index (χ2v) is 7.88. The molecule has 1 amide bonds. The predicted molar refractivity (Wildman–Crippen MR) is 127 cm³/mol. The maximum absolute atomic E-state index is 12.6. The Morgan fingerprint density at radius 1 is 0.968 bits per heavy atom. The summed E-state index contributed by atoms with van der Waals surface area (Å²) in [7, 11) is 2.15. The van der Waals surface area contributed by atoms with Crippen LogP contribution in [0.3, 0.4) is 0 Å². The number of piperazine rings is 1. The molecular formula is C26H29N3O2. The maximum Gasteiger partial charge on any atom is 0.248 e. The van der Waals surface area contributed by atoms with Gasteiger partial charge in [0.2, 0.25) is 5.91 Å². The van der Waals surface area contributed by atoms with E-state index in [-0.39, 0.29) is 5.91 Å². The van der Waals surface area contributed by atoms with Gasteiger partial charge in [0.25, 0.3) is 0 Å². The molecule has 0 atom stereocenters. The van der Waals surface area contributed by atoms with Crippen molar-refractivity contribution >= 4 is 28.4 Å². The minimum atomic E-state index is -0.178. The van der Waals surface area contributed by atoms with E-state index in [9.17, 15) is 4.79 Å². The van der Waals surface area contributed by atoms with Gasteiger partial charge in [0, 0.05) is 38.8 Å². The molecule has 31 heavy (non-hydrogen) atoms. The van der Waals surface area contributed by atoms with Crippen molar-refractivity contribution in [3.63, 3.8) is 0 Å². The van der Waals surface area contributed by atoms with Gasteiger partial charge in [0.1, 0.15) is 12.4 Å². The molecule has 1 N–H and O–H groups in total. The molecule has 1 aliphatic rings. The van der Waals surface area contributed by atoms with Gasteiger partial charge in [-0.15, -0.1) is 0 Å². The Kier molecular flexibility index (Phi) is 6.97. The van der Waals surface area contributed by atoms with Gasteiger partial charge in [0.05, 0.1) is 5.69 Å². The van der Waals surface area contributed by atoms with Crippen LogP contribution in [0.2, 0.25) is 0 Å². The van der Waals surface area contributed by atoms with Crippen LogP contribution in [0.25, 0.3) is 16.8 Å². The molecule has 0 bridgehead atoms. The van der Waals surface area contributed by atoms with E-state index in [0.29, 0.717) is 18.0 Å². The van der Waals surface area contributed by atoms with Gasteiger partial charge < -0.3 is 15.0 Å². The molecule has 1 aliphatic heterocycles. The molecule has 0 spiro atoms. The lowest BCUT2D eigenvalue weighted by molar-refractivity contribution is -0.111. The number of rotatable bonds is 7. The second-order valence-electron chi connectivity index (χ2n) is 7.88. The first-order valence-corrected chi connectivity index (χ1v) is 10.8. The van der Waals surface area contributed by atoms with Crippen LogP contribution < -0.4 is 10.1 Å². The molecular weight excluding hydrogens is 386 g/mol. The van der Waals surface area contributed by atoms with Gasteiger partial charge >= 0.3 is 0 Å². The Morgan fingerprint density at radius 2 is 1.71 bits per heavy atom. The number of carbonyl (C=O) groups excluding carboxylic acids is 1. The molecule has 160 valence electrons. The number of hydrogen-bond acceptors (Lipinski definition) is 4. The molecule has 1 heterocycles. The van der Waals surface area contributed by atoms with Crippen molar-refractivity contribution < 1.29 is 9.53 Å². The molecule has 4 rings (SSSR count). The van der Waals surface area contributed by atoms with Gasteiger partial charge in [0.15, 0.2) is 0 Å². The number of anilines is 1. The highest BCUT2D eigenvalue weighted by Crippen LogP contribution is 2.24. The molecule has 1 saturated heterocycles. The summed E-state index contributed by atoms with van der Waals surface area (Å²) in [6.07, 6.45) is 3.43. The summed E-state index contributed by atoms with van der Waals surface area (Å²) in [5, 5.41) is 5.24. The van der Waals surface area contributed by atoms with Crippen molar-refractivity contribution in [1.29, 1.82) is 0 Å². The van der Waals surface area contributed by atoms with Crippen molar-refractivity contribution in [2.24, 2.45) is 0 Å². The van der Waals surface area contributed by atoms with E-state index in [0.717, 1.165) is 49.1 Å². The Morgan fingerprint density at radius 3 is 2.58 bits per heavy atom. The van der Waals surface area contributed by atoms with Crippen molar-refractivity contribution in [1.82, 2.24) is 9.80 Å². The van der Waals surface area contributed by atoms with Crippen LogP contribution in [0, 0.1) is 0 Å². The van der Waals surface area contributed by atoms with Crippen LogP contribution in [0.15, 0.2) is 72.8 Å². The van der Waals surface area contributed by atoms with Gasteiger partial charge in [-0.2, -0.15) is 0 Å². The lowest BCUT2D eigenvalue weighted by Gasteiger charge is -2.32. The number of para-hydroxylation sites is 2. The van der Waals surface area contributed by atoms with Crippen molar-refractivity contribution in [2.75, 3.05) is 51.7 Å². The molecule has 3 aromatic rings. The van der Waals surface area contributed by atoms with E-state index in [1.54, 1.807) is 6.08 Å². The Balaban J connectivity index is 1.35. The summed E-state index contributed by atoms with van der Waals surface area (Å²) in [6, 6.07) is 21.8. The zero-order chi connectivity index (χ0) is 21.5. The average Bonchev–Trinajstić information content (AvgIpc) is 2.80. The first kappa shape index (κ1) is 21.1. The third kappa shape index (κ3) is 5.72. The summed E-state index contributed by atoms with van der Waals surface area (Å²) in [5.41, 5.74) is 1.71. The Hall–Kier alpha value is -3.15. The molecule has 5 heteroatoms. The number of likely N-dealkylation sites (N-methyl/N-ethyl adjacent to an activating group) is 1. The summed E-state index contributed by atoms with van der Waals surface area (Å²) in [5.74, 6) is 0.520. The fourth-order valence-corrected chi connectivity index (χ4v) is 3.79. The third-order valence-electron chi connectivity index (χ3n) is 5.64. The number of hydrogen-bond donors (Lipinski definition) is 1. The highest BCUT2D eigenvalue weighted by Gasteiger charge is 2.13. The fourth-order valence-electron chi connectivity index (χ4n) is 3.79. The standard InChI is InChI=1S/C26H29N3O2/c1-28-15-17-29(18-16-28)19-20-31-25-12-5-4-11-24(25)27-26(30)14-13-22-9-6-8-21-7-2-3-10-23(21)22/h2-14H,15-20H2,1H3,(H,27,30). The fraction of sp³-hybridized carbons (Fsp3) is 0.269. The number of ether oxygens (including phenoxy) is 1. The summed E-state index contributed by atoms with van der Waals surface area (Å²) >= 11 is 0. The number of nitrogens with one attached hydrogen (secondary N) is 1. The highest BCUT2D eigenvalue weighted by molar-refractivity contribution is 6.04. The van der Waals surface area contributed by atoms with Crippen molar-refractivity contribution in [2.45, 2.75) is 0 Å². The number of nitrogens with zero attached hydrogens (tertiary/aromatic N) is 2. The second kappa shape index (κ2) is 10.2. The maximum atomic E-state index is 12.6. The van der Waals surface area contributed by atoms with Crippen LogP contribution in [-0.4, -0.2) is 62.1 Å². The van der Waals surface area contributed by atoms with Crippen LogP contribution in [-0.2, 0) is 4.79 Å². The largest absolute Gasteiger partial charge is 0.490 e. The smallest absolute Gasteiger partial charge is 0.248 e. The molecule has 3 aromatic carbocycles. The van der Waals surface area contributed by atoms with E-state index in [1.165, 1.54) is 0 Å². The van der Waals surface area contributed by atoms with E-state index in [1.807, 2.05) is 54.6 Å². The topological polar surface area (TPSA) is 44.8 Å². The minimum Gasteiger partial charge on any atom is -0.490 e. The Bertz CT molecular complexity index is 1050. The molecule has 0 aliphatic carbocycles. The quantitative estimate of drug-likeness (QED) is 0.590. The lowest BCUT2D eigenvalue weighted by atomic mass is 10.0. The summed E-state index contributed by atoms with van der Waals surface area (Å²) in [6.45, 7) is 5.80. The number of benzene rings is 3. The first-order chi connectivity index (χ1) is 15.2. The van der Waals surface area contributed by atoms with Crippen LogP contribution >= 0.6 is 0 Å². The van der Waals surface area contributed by atoms with Gasteiger partial charge in [-0.3, -0.25) is 9.69 Å². The molecule has 0 aromatic heterocycles. The molecule has 0 unspecified atom stereocenters. The van der Waals surface area contributed by atoms with Crippen LogP contribution in [0.5, 0.6) is 5.75 Å². The molecule has 5 nitrogen and oxygen atoms in total. The van der Waals surface area contributed by atoms with E-state index < -0.39 is 0 Å². The predicted octanol–water partition coefficient (Wildman–Crippen LogP) is 4.12. The van der Waals surface area contributed by atoms with Crippen LogP contribution in [0.4, 0.5) is 5.69 Å². The monoisotopic (exact) mass is 415 g/mol. The minimum absolute atomic E-state index is 0.178. The van der Waals surface area contributed by atoms with Gasteiger partial charge in [-0.1, -0.05) is 54.6 Å². The molecule has 1 fully saturated rings. The molecule has 0 radical (unpaired) electrons. The summed E-state index contributed by atoms with van der Waals surface area (Å²) in [4.78, 5) is 17.3. The van der Waals surface area contributed by atoms with Gasteiger partial charge in [-0.25, -0.2) is 0 Å². The number of carbonyl (C=O) groups is 1. The van der Waals surface area contributed by atoms with Gasteiger partial charge in [-0.05, 0) is 41.6 Å². The molecule has 0 saturated carbocycles. The van der Waals surface area contributed by atoms with Crippen LogP contribution in [0.1, 0.15) is 5.56 Å². The number of amides is 1. The van der Waals surface area contributed by atoms with E-state index in [4.69, 9.17) is 4.74 Å². The van der Waals surface area contributed by atoms with E-state index in [2.05, 4.69) is 40.4 Å². The number of fused-ring (bicyclic) bond motifs is 1. The third-order valence-corrected chi connectivity index (χ3v) is 5.64. The summed E-state index contributed by atoms with van der Waals surface area (Å²) < 4.78 is 5.99. The Labute approximate surface area is 183 Å². The lowest BCUT2D eigenvalue weighted by Crippen LogP contribution is -2.45. The normalized spacial score (nSPS) is 15.4. The van der Waals surface area contributed by atoms with Crippen molar-refractivity contribution in [3.05, 3.63) is 78.4 Å². The highest BCUT2D eigenvalue weighted by atomic mass is 16.5.